The molecule has 1 aromatic carbocycles. The van der Waals surface area contributed by atoms with E-state index in [1.807, 2.05) is 0 Å². The highest BCUT2D eigenvalue weighted by molar-refractivity contribution is 5.78. The summed E-state index contributed by atoms with van der Waals surface area (Å²) in [5.74, 6) is 0. The van der Waals surface area contributed by atoms with Gasteiger partial charge in [0.05, 0.1) is 13.2 Å². The first kappa shape index (κ1) is 12.6. The van der Waals surface area contributed by atoms with E-state index in [0.717, 1.165) is 0 Å². The molecule has 0 saturated carbocycles. The maximum atomic E-state index is 12.4. The number of rotatable bonds is 5. The molecule has 0 aliphatic heterocycles. The van der Waals surface area contributed by atoms with Gasteiger partial charge in [0.15, 0.2) is 5.58 Å². The Bertz CT molecular complexity index is 530. The monoisotopic (exact) mass is 257 g/mol. The molecular formula is C11H13F2N3O2. The molecule has 0 fully saturated rings. The molecule has 0 atom stereocenters. The Hall–Kier alpha value is -1.89. The van der Waals surface area contributed by atoms with E-state index < -0.39 is 13.0 Å². The Kier molecular flexibility index (Phi) is 3.61. The highest BCUT2D eigenvalue weighted by Gasteiger charge is 2.17. The van der Waals surface area contributed by atoms with Crippen LogP contribution in [0.4, 0.5) is 20.5 Å². The molecule has 2 aromatic rings. The van der Waals surface area contributed by atoms with Crippen LogP contribution >= 0.6 is 0 Å². The summed E-state index contributed by atoms with van der Waals surface area (Å²) in [6.45, 7) is -0.761. The third-order valence-electron chi connectivity index (χ3n) is 2.40. The summed E-state index contributed by atoms with van der Waals surface area (Å²) in [4.78, 5) is 5.28. The lowest BCUT2D eigenvalue weighted by Gasteiger charge is -2.18. The quantitative estimate of drug-likeness (QED) is 0.793. The number of nitrogen functional groups attached to an aromatic ring is 1. The van der Waals surface area contributed by atoms with Crippen LogP contribution in [0, 0.1) is 0 Å². The van der Waals surface area contributed by atoms with Crippen molar-refractivity contribution in [3.63, 3.8) is 0 Å². The average Bonchev–Trinajstić information content (AvgIpc) is 2.70. The number of nitrogens with zero attached hydrogens (tertiary/aromatic N) is 2. The normalized spacial score (nSPS) is 11.3. The summed E-state index contributed by atoms with van der Waals surface area (Å²) in [6, 6.07) is 4.92. The van der Waals surface area contributed by atoms with Crippen molar-refractivity contribution in [2.24, 2.45) is 0 Å². The number of anilines is 2. The first-order chi connectivity index (χ1) is 8.60. The van der Waals surface area contributed by atoms with E-state index in [9.17, 15) is 8.78 Å². The summed E-state index contributed by atoms with van der Waals surface area (Å²) < 4.78 is 30.2. The van der Waals surface area contributed by atoms with Crippen LogP contribution in [-0.4, -0.2) is 36.2 Å². The van der Waals surface area contributed by atoms with Crippen LogP contribution < -0.4 is 10.6 Å². The minimum absolute atomic E-state index is 0.0344. The van der Waals surface area contributed by atoms with Gasteiger partial charge in [-0.05, 0) is 18.2 Å². The second-order valence-corrected chi connectivity index (χ2v) is 3.78. The zero-order valence-electron chi connectivity index (χ0n) is 9.51. The van der Waals surface area contributed by atoms with Gasteiger partial charge >= 0.3 is 0 Å². The minimum atomic E-state index is -2.53. The number of benzene rings is 1. The Morgan fingerprint density at radius 3 is 2.89 bits per heavy atom. The molecule has 0 unspecified atom stereocenters. The van der Waals surface area contributed by atoms with Gasteiger partial charge < -0.3 is 20.2 Å². The molecule has 0 bridgehead atoms. The Morgan fingerprint density at radius 1 is 1.44 bits per heavy atom. The molecule has 0 saturated heterocycles. The van der Waals surface area contributed by atoms with Gasteiger partial charge in [0.25, 0.3) is 12.4 Å². The molecule has 3 N–H and O–H groups in total. The van der Waals surface area contributed by atoms with Crippen molar-refractivity contribution in [3.05, 3.63) is 18.2 Å². The van der Waals surface area contributed by atoms with Crippen molar-refractivity contribution in [2.45, 2.75) is 6.43 Å². The summed E-state index contributed by atoms with van der Waals surface area (Å²) in [5.41, 5.74) is 7.08. The number of aromatic nitrogens is 1. The summed E-state index contributed by atoms with van der Waals surface area (Å²) in [6.07, 6.45) is -2.53. The Balaban J connectivity index is 2.31. The Morgan fingerprint density at radius 2 is 2.22 bits per heavy atom. The van der Waals surface area contributed by atoms with Gasteiger partial charge in [-0.3, -0.25) is 0 Å². The molecule has 7 heteroatoms. The Labute approximate surface area is 102 Å². The summed E-state index contributed by atoms with van der Waals surface area (Å²) in [7, 11) is 0. The van der Waals surface area contributed by atoms with Crippen molar-refractivity contribution < 1.29 is 18.3 Å². The van der Waals surface area contributed by atoms with Crippen LogP contribution in [0.1, 0.15) is 0 Å². The molecular weight excluding hydrogens is 244 g/mol. The predicted molar refractivity (Wildman–Crippen MR) is 63.7 cm³/mol. The van der Waals surface area contributed by atoms with E-state index in [0.29, 0.717) is 16.8 Å². The molecule has 1 heterocycles. The van der Waals surface area contributed by atoms with Crippen LogP contribution in [0.2, 0.25) is 0 Å². The number of fused-ring (bicyclic) bond motifs is 1. The molecule has 0 radical (unpaired) electrons. The second-order valence-electron chi connectivity index (χ2n) is 3.78. The van der Waals surface area contributed by atoms with Gasteiger partial charge in [0.2, 0.25) is 0 Å². The molecule has 0 aliphatic rings. The predicted octanol–water partition coefficient (Wildman–Crippen LogP) is 1.47. The fourth-order valence-electron chi connectivity index (χ4n) is 1.62. The van der Waals surface area contributed by atoms with Crippen molar-refractivity contribution in [1.29, 1.82) is 0 Å². The van der Waals surface area contributed by atoms with Gasteiger partial charge in [-0.1, -0.05) is 0 Å². The smallest absolute Gasteiger partial charge is 0.298 e. The first-order valence-electron chi connectivity index (χ1n) is 5.40. The van der Waals surface area contributed by atoms with Crippen molar-refractivity contribution in [1.82, 2.24) is 4.98 Å². The number of hydrogen-bond donors (Lipinski definition) is 2. The lowest BCUT2D eigenvalue weighted by Crippen LogP contribution is -2.31. The van der Waals surface area contributed by atoms with E-state index >= 15 is 0 Å². The largest absolute Gasteiger partial charge is 0.423 e. The van der Waals surface area contributed by atoms with E-state index in [-0.39, 0.29) is 19.2 Å². The van der Waals surface area contributed by atoms with E-state index in [2.05, 4.69) is 4.98 Å². The number of halogens is 2. The van der Waals surface area contributed by atoms with Crippen molar-refractivity contribution in [3.8, 4) is 0 Å². The molecule has 0 spiro atoms. The molecule has 18 heavy (non-hydrogen) atoms. The topological polar surface area (TPSA) is 75.5 Å². The highest BCUT2D eigenvalue weighted by Crippen LogP contribution is 2.23. The van der Waals surface area contributed by atoms with Crippen LogP contribution in [0.3, 0.4) is 0 Å². The van der Waals surface area contributed by atoms with Crippen LogP contribution in [-0.2, 0) is 0 Å². The zero-order chi connectivity index (χ0) is 13.1. The van der Waals surface area contributed by atoms with Gasteiger partial charge in [-0.15, -0.1) is 0 Å². The number of alkyl halides is 2. The fourth-order valence-corrected chi connectivity index (χ4v) is 1.62. The molecule has 98 valence electrons. The molecule has 0 aliphatic carbocycles. The van der Waals surface area contributed by atoms with Gasteiger partial charge in [0.1, 0.15) is 5.52 Å². The first-order valence-corrected chi connectivity index (χ1v) is 5.40. The second kappa shape index (κ2) is 5.18. The lowest BCUT2D eigenvalue weighted by atomic mass is 10.3. The SMILES string of the molecule is Nc1ccc2oc(N(CCO)CC(F)F)nc2c1. The molecule has 2 rings (SSSR count). The van der Waals surface area contributed by atoms with E-state index in [4.69, 9.17) is 15.3 Å². The van der Waals surface area contributed by atoms with Crippen LogP contribution in [0.15, 0.2) is 22.6 Å². The lowest BCUT2D eigenvalue weighted by molar-refractivity contribution is 0.151. The van der Waals surface area contributed by atoms with Crippen molar-refractivity contribution >= 4 is 22.8 Å². The molecule has 5 nitrogen and oxygen atoms in total. The summed E-state index contributed by atoms with van der Waals surface area (Å²) >= 11 is 0. The fraction of sp³-hybridized carbons (Fsp3) is 0.364. The van der Waals surface area contributed by atoms with Gasteiger partial charge in [0, 0.05) is 12.2 Å². The highest BCUT2D eigenvalue weighted by atomic mass is 19.3. The number of nitrogens with two attached hydrogens (primary N) is 1. The summed E-state index contributed by atoms with van der Waals surface area (Å²) in [5, 5.41) is 8.85. The number of hydrogen-bond acceptors (Lipinski definition) is 5. The van der Waals surface area contributed by atoms with Gasteiger partial charge in [-0.2, -0.15) is 4.98 Å². The molecule has 0 amide bonds. The maximum Gasteiger partial charge on any atom is 0.298 e. The third kappa shape index (κ3) is 2.67. The minimum Gasteiger partial charge on any atom is -0.423 e. The average molecular weight is 257 g/mol. The van der Waals surface area contributed by atoms with Gasteiger partial charge in [-0.25, -0.2) is 8.78 Å². The van der Waals surface area contributed by atoms with E-state index in [1.54, 1.807) is 18.2 Å². The van der Waals surface area contributed by atoms with E-state index in [1.165, 1.54) is 4.90 Å². The maximum absolute atomic E-state index is 12.4. The van der Waals surface area contributed by atoms with Crippen LogP contribution in [0.25, 0.3) is 11.1 Å². The van der Waals surface area contributed by atoms with Crippen molar-refractivity contribution in [2.75, 3.05) is 30.3 Å². The van der Waals surface area contributed by atoms with Crippen LogP contribution in [0.5, 0.6) is 0 Å². The number of oxazole rings is 1. The number of aliphatic hydroxyl groups is 1. The zero-order valence-corrected chi connectivity index (χ0v) is 9.51. The standard InChI is InChI=1S/C11H13F2N3O2/c12-10(13)6-16(3-4-17)11-15-8-5-7(14)1-2-9(8)18-11/h1-2,5,10,17H,3-4,6,14H2. The third-order valence-corrected chi connectivity index (χ3v) is 2.40. The molecule has 1 aromatic heterocycles. The number of aliphatic hydroxyl groups excluding tert-OH is 1.